The van der Waals surface area contributed by atoms with Crippen molar-refractivity contribution in [1.82, 2.24) is 0 Å². The van der Waals surface area contributed by atoms with E-state index in [0.29, 0.717) is 5.02 Å². The third kappa shape index (κ3) is 2.35. The van der Waals surface area contributed by atoms with Crippen molar-refractivity contribution in [3.63, 3.8) is 0 Å². The number of rotatable bonds is 3. The molecular weight excluding hydrogens is 263 g/mol. The van der Waals surface area contributed by atoms with Crippen LogP contribution < -0.4 is 0 Å². The fourth-order valence-corrected chi connectivity index (χ4v) is 2.29. The summed E-state index contributed by atoms with van der Waals surface area (Å²) in [5.74, 6) is 0. The maximum Gasteiger partial charge on any atom is 0.0484 e. The zero-order valence-corrected chi connectivity index (χ0v) is 11.3. The average molecular weight is 275 g/mol. The molecule has 90 valence electrons. The Morgan fingerprint density at radius 2 is 1.39 bits per heavy atom. The first-order chi connectivity index (χ1) is 8.67. The minimum absolute atomic E-state index is 0.678. The molecular formula is C16H12Cl2. The van der Waals surface area contributed by atoms with Gasteiger partial charge in [0.25, 0.3) is 0 Å². The molecule has 0 bridgehead atoms. The zero-order chi connectivity index (χ0) is 13.1. The molecule has 0 aliphatic carbocycles. The standard InChI is InChI=1S/C16H12Cl2/c1-3-13-14(4-2)16(18)10-9-15(13)11-5-7-12(17)8-6-11/h3-10H,1-2H2. The van der Waals surface area contributed by atoms with Crippen LogP contribution in [0.2, 0.25) is 10.0 Å². The predicted molar refractivity (Wildman–Crippen MR) is 82.1 cm³/mol. The number of hydrogen-bond donors (Lipinski definition) is 0. The lowest BCUT2D eigenvalue weighted by Crippen LogP contribution is -1.88. The van der Waals surface area contributed by atoms with Gasteiger partial charge in [0.15, 0.2) is 0 Å². The van der Waals surface area contributed by atoms with Gasteiger partial charge in [0, 0.05) is 15.6 Å². The van der Waals surface area contributed by atoms with Gasteiger partial charge >= 0.3 is 0 Å². The van der Waals surface area contributed by atoms with Crippen molar-refractivity contribution < 1.29 is 0 Å². The Balaban J connectivity index is 2.68. The molecule has 0 unspecified atom stereocenters. The van der Waals surface area contributed by atoms with E-state index in [9.17, 15) is 0 Å². The average Bonchev–Trinajstić information content (AvgIpc) is 2.39. The SMILES string of the molecule is C=Cc1c(Cl)ccc(-c2ccc(Cl)cc2)c1C=C. The Bertz CT molecular complexity index is 595. The van der Waals surface area contributed by atoms with Crippen LogP contribution in [0.1, 0.15) is 11.1 Å². The molecule has 18 heavy (non-hydrogen) atoms. The van der Waals surface area contributed by atoms with Gasteiger partial charge in [-0.05, 0) is 34.9 Å². The van der Waals surface area contributed by atoms with Gasteiger partial charge in [-0.3, -0.25) is 0 Å². The third-order valence-corrected chi connectivity index (χ3v) is 3.38. The van der Waals surface area contributed by atoms with Gasteiger partial charge in [-0.1, -0.05) is 66.7 Å². The van der Waals surface area contributed by atoms with E-state index in [-0.39, 0.29) is 0 Å². The molecule has 0 radical (unpaired) electrons. The molecule has 2 rings (SSSR count). The number of benzene rings is 2. The quantitative estimate of drug-likeness (QED) is 0.649. The Morgan fingerprint density at radius 3 is 1.94 bits per heavy atom. The molecule has 0 aliphatic rings. The molecule has 0 aliphatic heterocycles. The maximum atomic E-state index is 6.15. The number of halogens is 2. The van der Waals surface area contributed by atoms with Crippen LogP contribution in [0.5, 0.6) is 0 Å². The molecule has 0 saturated heterocycles. The van der Waals surface area contributed by atoms with Crippen LogP contribution in [0.4, 0.5) is 0 Å². The highest BCUT2D eigenvalue weighted by Gasteiger charge is 2.09. The van der Waals surface area contributed by atoms with Crippen LogP contribution in [0.15, 0.2) is 49.6 Å². The molecule has 0 fully saturated rings. The van der Waals surface area contributed by atoms with Crippen molar-refractivity contribution in [3.8, 4) is 11.1 Å². The van der Waals surface area contributed by atoms with Crippen LogP contribution in [-0.2, 0) is 0 Å². The first kappa shape index (κ1) is 12.9. The lowest BCUT2D eigenvalue weighted by atomic mass is 9.95. The van der Waals surface area contributed by atoms with Gasteiger partial charge in [-0.2, -0.15) is 0 Å². The summed E-state index contributed by atoms with van der Waals surface area (Å²) in [6.07, 6.45) is 3.55. The van der Waals surface area contributed by atoms with Crippen LogP contribution in [0.25, 0.3) is 23.3 Å². The molecule has 0 saturated carbocycles. The summed E-state index contributed by atoms with van der Waals surface area (Å²) >= 11 is 12.1. The van der Waals surface area contributed by atoms with Crippen molar-refractivity contribution in [2.45, 2.75) is 0 Å². The van der Waals surface area contributed by atoms with Crippen molar-refractivity contribution in [1.29, 1.82) is 0 Å². The zero-order valence-electron chi connectivity index (χ0n) is 9.79. The van der Waals surface area contributed by atoms with Gasteiger partial charge in [0.05, 0.1) is 0 Å². The molecule has 2 heteroatoms. The van der Waals surface area contributed by atoms with Gasteiger partial charge in [-0.25, -0.2) is 0 Å². The largest absolute Gasteiger partial charge is 0.0984 e. The Labute approximate surface area is 117 Å². The van der Waals surface area contributed by atoms with Crippen molar-refractivity contribution in [3.05, 3.63) is 70.7 Å². The maximum absolute atomic E-state index is 6.15. The summed E-state index contributed by atoms with van der Waals surface area (Å²) in [6, 6.07) is 11.5. The first-order valence-electron chi connectivity index (χ1n) is 5.50. The Kier molecular flexibility index (Phi) is 3.90. The van der Waals surface area contributed by atoms with E-state index in [2.05, 4.69) is 13.2 Å². The highest BCUT2D eigenvalue weighted by molar-refractivity contribution is 6.32. The normalized spacial score (nSPS) is 10.1. The van der Waals surface area contributed by atoms with Gasteiger partial charge in [0.1, 0.15) is 0 Å². The van der Waals surface area contributed by atoms with Gasteiger partial charge in [-0.15, -0.1) is 0 Å². The van der Waals surface area contributed by atoms with Crippen molar-refractivity contribution in [2.75, 3.05) is 0 Å². The molecule has 0 spiro atoms. The molecule has 2 aromatic carbocycles. The van der Waals surface area contributed by atoms with Crippen molar-refractivity contribution in [2.24, 2.45) is 0 Å². The predicted octanol–water partition coefficient (Wildman–Crippen LogP) is 5.95. The summed E-state index contributed by atoms with van der Waals surface area (Å²) in [7, 11) is 0. The van der Waals surface area contributed by atoms with Crippen LogP contribution >= 0.6 is 23.2 Å². The molecule has 0 heterocycles. The summed E-state index contributed by atoms with van der Waals surface area (Å²) in [5, 5.41) is 1.40. The van der Waals surface area contributed by atoms with E-state index in [4.69, 9.17) is 23.2 Å². The molecule has 2 aromatic rings. The second-order valence-corrected chi connectivity index (χ2v) is 4.68. The van der Waals surface area contributed by atoms with E-state index in [1.165, 1.54) is 0 Å². The van der Waals surface area contributed by atoms with Crippen LogP contribution in [0.3, 0.4) is 0 Å². The third-order valence-electron chi connectivity index (χ3n) is 2.80. The van der Waals surface area contributed by atoms with Gasteiger partial charge in [0.2, 0.25) is 0 Å². The van der Waals surface area contributed by atoms with E-state index in [1.807, 2.05) is 36.4 Å². The fourth-order valence-electron chi connectivity index (χ4n) is 1.92. The minimum atomic E-state index is 0.678. The summed E-state index contributed by atoms with van der Waals surface area (Å²) in [5.41, 5.74) is 4.04. The van der Waals surface area contributed by atoms with Crippen LogP contribution in [0, 0.1) is 0 Å². The molecule has 0 aromatic heterocycles. The minimum Gasteiger partial charge on any atom is -0.0984 e. The summed E-state index contributed by atoms with van der Waals surface area (Å²) in [6.45, 7) is 7.65. The highest BCUT2D eigenvalue weighted by atomic mass is 35.5. The van der Waals surface area contributed by atoms with E-state index in [0.717, 1.165) is 27.3 Å². The lowest BCUT2D eigenvalue weighted by Gasteiger charge is -2.11. The summed E-state index contributed by atoms with van der Waals surface area (Å²) < 4.78 is 0. The number of hydrogen-bond acceptors (Lipinski definition) is 0. The second kappa shape index (κ2) is 5.43. The first-order valence-corrected chi connectivity index (χ1v) is 6.26. The van der Waals surface area contributed by atoms with E-state index in [1.54, 1.807) is 12.2 Å². The van der Waals surface area contributed by atoms with E-state index < -0.39 is 0 Å². The second-order valence-electron chi connectivity index (χ2n) is 3.84. The Morgan fingerprint density at radius 1 is 0.778 bits per heavy atom. The topological polar surface area (TPSA) is 0 Å². The Hall–Kier alpha value is -1.50. The molecule has 0 nitrogen and oxygen atoms in total. The van der Waals surface area contributed by atoms with Crippen LogP contribution in [-0.4, -0.2) is 0 Å². The monoisotopic (exact) mass is 274 g/mol. The molecule has 0 atom stereocenters. The highest BCUT2D eigenvalue weighted by Crippen LogP contribution is 2.32. The smallest absolute Gasteiger partial charge is 0.0484 e. The molecule has 0 N–H and O–H groups in total. The van der Waals surface area contributed by atoms with E-state index >= 15 is 0 Å². The fraction of sp³-hybridized carbons (Fsp3) is 0. The molecule has 0 amide bonds. The van der Waals surface area contributed by atoms with Gasteiger partial charge < -0.3 is 0 Å². The lowest BCUT2D eigenvalue weighted by molar-refractivity contribution is 1.57. The summed E-state index contributed by atoms with van der Waals surface area (Å²) in [4.78, 5) is 0. The van der Waals surface area contributed by atoms with Crippen molar-refractivity contribution >= 4 is 35.4 Å².